The van der Waals surface area contributed by atoms with Crippen molar-refractivity contribution in [2.75, 3.05) is 45.1 Å². The van der Waals surface area contributed by atoms with Crippen molar-refractivity contribution in [2.45, 2.75) is 25.5 Å². The Morgan fingerprint density at radius 3 is 2.47 bits per heavy atom. The van der Waals surface area contributed by atoms with Crippen molar-refractivity contribution in [3.8, 4) is 0 Å². The van der Waals surface area contributed by atoms with E-state index < -0.39 is 9.84 Å². The Balaban J connectivity index is 2.12. The summed E-state index contributed by atoms with van der Waals surface area (Å²) in [4.78, 5) is 13.6. The zero-order valence-corrected chi connectivity index (χ0v) is 12.5. The van der Waals surface area contributed by atoms with E-state index in [-0.39, 0.29) is 16.9 Å². The predicted molar refractivity (Wildman–Crippen MR) is 73.8 cm³/mol. The van der Waals surface area contributed by atoms with E-state index in [1.807, 2.05) is 0 Å². The molecule has 0 aliphatic carbocycles. The summed E-state index contributed by atoms with van der Waals surface area (Å²) < 4.78 is 28.3. The summed E-state index contributed by atoms with van der Waals surface area (Å²) >= 11 is 0. The smallest absolute Gasteiger partial charge is 0.224 e. The lowest BCUT2D eigenvalue weighted by Gasteiger charge is -2.26. The maximum absolute atomic E-state index is 11.8. The number of amides is 1. The number of carbonyl (C=O) groups excluding carboxylic acids is 1. The second-order valence-electron chi connectivity index (χ2n) is 4.91. The van der Waals surface area contributed by atoms with Gasteiger partial charge in [0.1, 0.15) is 0 Å². The van der Waals surface area contributed by atoms with Gasteiger partial charge in [-0.15, -0.1) is 0 Å². The lowest BCUT2D eigenvalue weighted by molar-refractivity contribution is -0.135. The van der Waals surface area contributed by atoms with Gasteiger partial charge >= 0.3 is 0 Å². The Labute approximate surface area is 115 Å². The topological polar surface area (TPSA) is 75.7 Å². The average molecular weight is 292 g/mol. The number of hydrogen-bond donors (Lipinski definition) is 1. The molecule has 19 heavy (non-hydrogen) atoms. The lowest BCUT2D eigenvalue weighted by Crippen LogP contribution is -2.41. The van der Waals surface area contributed by atoms with Gasteiger partial charge in [-0.25, -0.2) is 8.42 Å². The van der Waals surface area contributed by atoms with E-state index in [0.717, 1.165) is 0 Å². The molecule has 1 aliphatic heterocycles. The van der Waals surface area contributed by atoms with Gasteiger partial charge in [0, 0.05) is 32.6 Å². The maximum atomic E-state index is 11.8. The summed E-state index contributed by atoms with van der Waals surface area (Å²) in [6.07, 6.45) is 0.404. The maximum Gasteiger partial charge on any atom is 0.224 e. The quantitative estimate of drug-likeness (QED) is 0.649. The van der Waals surface area contributed by atoms with Crippen LogP contribution in [0.4, 0.5) is 0 Å². The monoisotopic (exact) mass is 292 g/mol. The molecule has 7 heteroatoms. The van der Waals surface area contributed by atoms with Gasteiger partial charge in [0.2, 0.25) is 5.91 Å². The molecule has 1 aliphatic rings. The molecule has 0 aromatic heterocycles. The first-order valence-corrected chi connectivity index (χ1v) is 8.43. The first-order chi connectivity index (χ1) is 8.93. The van der Waals surface area contributed by atoms with E-state index in [2.05, 4.69) is 5.32 Å². The van der Waals surface area contributed by atoms with Crippen molar-refractivity contribution in [2.24, 2.45) is 0 Å². The van der Waals surface area contributed by atoms with Crippen LogP contribution in [0.15, 0.2) is 0 Å². The number of ether oxygens (including phenoxy) is 1. The zero-order valence-electron chi connectivity index (χ0n) is 11.7. The highest BCUT2D eigenvalue weighted by Crippen LogP contribution is 2.00. The van der Waals surface area contributed by atoms with Crippen molar-refractivity contribution < 1.29 is 17.9 Å². The Morgan fingerprint density at radius 1 is 1.26 bits per heavy atom. The molecule has 1 rings (SSSR count). The molecule has 0 unspecified atom stereocenters. The van der Waals surface area contributed by atoms with E-state index in [1.54, 1.807) is 18.7 Å². The highest BCUT2D eigenvalue weighted by Gasteiger charge is 2.17. The Bertz CT molecular complexity index is 375. The molecule has 0 aromatic carbocycles. The van der Waals surface area contributed by atoms with E-state index in [9.17, 15) is 13.2 Å². The molecule has 112 valence electrons. The molecule has 6 nitrogen and oxygen atoms in total. The van der Waals surface area contributed by atoms with Crippen molar-refractivity contribution in [3.63, 3.8) is 0 Å². The van der Waals surface area contributed by atoms with Crippen molar-refractivity contribution >= 4 is 15.7 Å². The summed E-state index contributed by atoms with van der Waals surface area (Å²) in [7, 11) is -2.99. The summed E-state index contributed by atoms with van der Waals surface area (Å²) in [5.74, 6) is 0.221. The number of morpholine rings is 1. The second kappa shape index (κ2) is 7.81. The number of hydrogen-bond acceptors (Lipinski definition) is 5. The lowest BCUT2D eigenvalue weighted by atomic mass is 10.3. The van der Waals surface area contributed by atoms with Crippen molar-refractivity contribution in [1.29, 1.82) is 0 Å². The highest BCUT2D eigenvalue weighted by atomic mass is 32.2. The normalized spacial score (nSPS) is 16.9. The fraction of sp³-hybridized carbons (Fsp3) is 0.917. The van der Waals surface area contributed by atoms with Gasteiger partial charge in [0.25, 0.3) is 0 Å². The predicted octanol–water partition coefficient (Wildman–Crippen LogP) is -0.352. The molecular weight excluding hydrogens is 268 g/mol. The van der Waals surface area contributed by atoms with Crippen LogP contribution in [0.5, 0.6) is 0 Å². The molecule has 1 heterocycles. The van der Waals surface area contributed by atoms with Crippen LogP contribution in [-0.4, -0.2) is 69.6 Å². The van der Waals surface area contributed by atoms with E-state index in [0.29, 0.717) is 45.8 Å². The number of sulfone groups is 1. The van der Waals surface area contributed by atoms with Crippen LogP contribution in [0.3, 0.4) is 0 Å². The van der Waals surface area contributed by atoms with Crippen molar-refractivity contribution in [1.82, 2.24) is 10.2 Å². The summed E-state index contributed by atoms with van der Waals surface area (Å²) in [5.41, 5.74) is 0. The van der Waals surface area contributed by atoms with Gasteiger partial charge in [0.15, 0.2) is 9.84 Å². The largest absolute Gasteiger partial charge is 0.378 e. The molecule has 1 amide bonds. The number of nitrogens with one attached hydrogen (secondary N) is 1. The Kier molecular flexibility index (Phi) is 6.74. The highest BCUT2D eigenvalue weighted by molar-refractivity contribution is 7.92. The minimum absolute atomic E-state index is 0.0996. The van der Waals surface area contributed by atoms with Crippen LogP contribution in [-0.2, 0) is 19.4 Å². The molecule has 0 atom stereocenters. The van der Waals surface area contributed by atoms with Gasteiger partial charge < -0.3 is 15.0 Å². The fourth-order valence-electron chi connectivity index (χ4n) is 1.74. The van der Waals surface area contributed by atoms with Gasteiger partial charge in [-0.2, -0.15) is 0 Å². The number of rotatable bonds is 7. The average Bonchev–Trinajstić information content (AvgIpc) is 2.38. The van der Waals surface area contributed by atoms with Crippen molar-refractivity contribution in [3.05, 3.63) is 0 Å². The third-order valence-corrected chi connectivity index (χ3v) is 5.37. The van der Waals surface area contributed by atoms with E-state index in [4.69, 9.17) is 4.74 Å². The van der Waals surface area contributed by atoms with Crippen LogP contribution in [0.2, 0.25) is 0 Å². The van der Waals surface area contributed by atoms with Crippen LogP contribution in [0.25, 0.3) is 0 Å². The fourth-order valence-corrected chi connectivity index (χ4v) is 2.64. The molecule has 0 radical (unpaired) electrons. The molecule has 0 saturated carbocycles. The molecule has 1 fully saturated rings. The Morgan fingerprint density at radius 2 is 1.89 bits per heavy atom. The van der Waals surface area contributed by atoms with E-state index in [1.165, 1.54) is 0 Å². The number of carbonyl (C=O) groups is 1. The van der Waals surface area contributed by atoms with Crippen LogP contribution in [0.1, 0.15) is 20.3 Å². The summed E-state index contributed by atoms with van der Waals surface area (Å²) in [6, 6.07) is 0. The molecular formula is C12H24N2O4S. The molecule has 1 saturated heterocycles. The SMILES string of the molecule is CC(C)S(=O)(=O)CCNCCC(=O)N1CCOCC1. The molecule has 0 spiro atoms. The molecule has 1 N–H and O–H groups in total. The summed E-state index contributed by atoms with van der Waals surface area (Å²) in [5, 5.41) is 2.67. The Hall–Kier alpha value is -0.660. The van der Waals surface area contributed by atoms with Gasteiger partial charge in [0.05, 0.1) is 24.2 Å². The first-order valence-electron chi connectivity index (χ1n) is 6.71. The van der Waals surface area contributed by atoms with Crippen LogP contribution < -0.4 is 5.32 Å². The van der Waals surface area contributed by atoms with Gasteiger partial charge in [-0.1, -0.05) is 0 Å². The second-order valence-corrected chi connectivity index (χ2v) is 7.59. The third-order valence-electron chi connectivity index (χ3n) is 3.16. The molecule has 0 bridgehead atoms. The first kappa shape index (κ1) is 16.4. The standard InChI is InChI=1S/C12H24N2O4S/c1-11(2)19(16,17)10-5-13-4-3-12(15)14-6-8-18-9-7-14/h11,13H,3-10H2,1-2H3. The minimum Gasteiger partial charge on any atom is -0.378 e. The van der Waals surface area contributed by atoms with Crippen LogP contribution in [0, 0.1) is 0 Å². The third kappa shape index (κ3) is 5.88. The zero-order chi connectivity index (χ0) is 14.3. The van der Waals surface area contributed by atoms with Gasteiger partial charge in [-0.3, -0.25) is 4.79 Å². The minimum atomic E-state index is -2.99. The number of nitrogens with zero attached hydrogens (tertiary/aromatic N) is 1. The molecule has 0 aromatic rings. The van der Waals surface area contributed by atoms with Crippen LogP contribution >= 0.6 is 0 Å². The van der Waals surface area contributed by atoms with Gasteiger partial charge in [-0.05, 0) is 13.8 Å². The summed E-state index contributed by atoms with van der Waals surface area (Å²) in [6.45, 7) is 6.79. The van der Waals surface area contributed by atoms with E-state index >= 15 is 0 Å².